The van der Waals surface area contributed by atoms with E-state index in [0.717, 1.165) is 11.4 Å². The number of nitrogens with one attached hydrogen (secondary N) is 1. The first-order valence-electron chi connectivity index (χ1n) is 10.4. The highest BCUT2D eigenvalue weighted by Crippen LogP contribution is 2.27. The zero-order chi connectivity index (χ0) is 21.5. The van der Waals surface area contributed by atoms with Crippen LogP contribution in [0.25, 0.3) is 0 Å². The van der Waals surface area contributed by atoms with E-state index < -0.39 is 0 Å². The first-order chi connectivity index (χ1) is 12.9. The van der Waals surface area contributed by atoms with E-state index in [1.165, 1.54) is 11.3 Å². The zero-order valence-electron chi connectivity index (χ0n) is 19.0. The predicted molar refractivity (Wildman–Crippen MR) is 117 cm³/mol. The summed E-state index contributed by atoms with van der Waals surface area (Å²) in [6, 6.07) is 0. The second-order valence-electron chi connectivity index (χ2n) is 9.97. The number of amides is 2. The Morgan fingerprint density at radius 3 is 2.32 bits per heavy atom. The molecule has 1 aromatic rings. The molecule has 1 unspecified atom stereocenters. The van der Waals surface area contributed by atoms with Gasteiger partial charge in [-0.3, -0.25) is 9.59 Å². The summed E-state index contributed by atoms with van der Waals surface area (Å²) in [7, 11) is 0. The van der Waals surface area contributed by atoms with Crippen LogP contribution in [0.3, 0.4) is 0 Å². The number of hydrogen-bond acceptors (Lipinski definition) is 4. The molecule has 0 spiro atoms. The lowest BCUT2D eigenvalue weighted by Gasteiger charge is -2.27. The maximum Gasteiger partial charge on any atom is 0.270 e. The predicted octanol–water partition coefficient (Wildman–Crippen LogP) is 4.98. The van der Waals surface area contributed by atoms with Crippen LogP contribution in [0.1, 0.15) is 83.7 Å². The van der Waals surface area contributed by atoms with Gasteiger partial charge in [-0.25, -0.2) is 4.98 Å². The Morgan fingerprint density at radius 1 is 1.14 bits per heavy atom. The van der Waals surface area contributed by atoms with Gasteiger partial charge in [0, 0.05) is 24.9 Å². The van der Waals surface area contributed by atoms with Crippen molar-refractivity contribution in [3.05, 3.63) is 16.1 Å². The molecular formula is C22H39N3O2S. The van der Waals surface area contributed by atoms with Gasteiger partial charge >= 0.3 is 0 Å². The van der Waals surface area contributed by atoms with E-state index >= 15 is 0 Å². The molecule has 2 amide bonds. The Balaban J connectivity index is 2.76. The van der Waals surface area contributed by atoms with E-state index in [1.807, 2.05) is 4.90 Å². The van der Waals surface area contributed by atoms with Crippen molar-refractivity contribution in [3.8, 4) is 0 Å². The van der Waals surface area contributed by atoms with Crippen molar-refractivity contribution in [2.75, 3.05) is 13.1 Å². The van der Waals surface area contributed by atoms with Gasteiger partial charge in [0.05, 0.1) is 6.54 Å². The maximum atomic E-state index is 12.9. The van der Waals surface area contributed by atoms with Gasteiger partial charge in [-0.2, -0.15) is 0 Å². The minimum Gasteiger partial charge on any atom is -0.350 e. The quantitative estimate of drug-likeness (QED) is 0.593. The average Bonchev–Trinajstić information content (AvgIpc) is 2.98. The second-order valence-corrected chi connectivity index (χ2v) is 10.9. The topological polar surface area (TPSA) is 62.3 Å². The van der Waals surface area contributed by atoms with Crippen molar-refractivity contribution in [3.63, 3.8) is 0 Å². The summed E-state index contributed by atoms with van der Waals surface area (Å²) in [6.07, 6.45) is 1.57. The fourth-order valence-corrected chi connectivity index (χ4v) is 4.07. The van der Waals surface area contributed by atoms with Crippen LogP contribution in [0.15, 0.2) is 5.38 Å². The molecule has 0 aromatic carbocycles. The lowest BCUT2D eigenvalue weighted by Crippen LogP contribution is -2.35. The number of nitrogens with zero attached hydrogens (tertiary/aromatic N) is 2. The highest BCUT2D eigenvalue weighted by atomic mass is 32.1. The van der Waals surface area contributed by atoms with Crippen molar-refractivity contribution >= 4 is 23.2 Å². The monoisotopic (exact) mass is 409 g/mol. The molecule has 1 rings (SSSR count). The largest absolute Gasteiger partial charge is 0.350 e. The van der Waals surface area contributed by atoms with E-state index in [9.17, 15) is 9.59 Å². The van der Waals surface area contributed by atoms with Crippen LogP contribution in [0, 0.1) is 23.2 Å². The fourth-order valence-electron chi connectivity index (χ4n) is 3.28. The number of rotatable bonds is 10. The van der Waals surface area contributed by atoms with Crippen LogP contribution in [0.2, 0.25) is 0 Å². The molecular weight excluding hydrogens is 370 g/mol. The molecule has 0 aliphatic carbocycles. The number of carbonyl (C=O) groups excluding carboxylic acids is 2. The number of hydrogen-bond donors (Lipinski definition) is 1. The van der Waals surface area contributed by atoms with Crippen molar-refractivity contribution < 1.29 is 9.59 Å². The smallest absolute Gasteiger partial charge is 0.270 e. The summed E-state index contributed by atoms with van der Waals surface area (Å²) in [6.45, 7) is 18.9. The van der Waals surface area contributed by atoms with Gasteiger partial charge in [0.2, 0.25) is 5.91 Å². The van der Waals surface area contributed by atoms with E-state index in [4.69, 9.17) is 0 Å². The molecule has 0 aliphatic rings. The summed E-state index contributed by atoms with van der Waals surface area (Å²) < 4.78 is 0. The summed E-state index contributed by atoms with van der Waals surface area (Å²) in [5.74, 6) is 1.16. The SMILES string of the molecule is CC(C)CNC(=O)c1csc(CN(CC(C)C)C(=O)CC(C)CC(C)(C)C)n1. The van der Waals surface area contributed by atoms with Crippen LogP contribution in [-0.2, 0) is 11.3 Å². The Morgan fingerprint density at radius 2 is 1.79 bits per heavy atom. The Hall–Kier alpha value is -1.43. The Labute approximate surface area is 175 Å². The molecule has 0 saturated carbocycles. The van der Waals surface area contributed by atoms with E-state index in [1.54, 1.807) is 5.38 Å². The average molecular weight is 410 g/mol. The molecule has 0 saturated heterocycles. The van der Waals surface area contributed by atoms with E-state index in [0.29, 0.717) is 49.5 Å². The van der Waals surface area contributed by atoms with Crippen molar-refractivity contribution in [1.29, 1.82) is 0 Å². The normalized spacial score (nSPS) is 13.1. The van der Waals surface area contributed by atoms with Gasteiger partial charge in [-0.15, -0.1) is 11.3 Å². The summed E-state index contributed by atoms with van der Waals surface area (Å²) in [5, 5.41) is 5.49. The molecule has 0 bridgehead atoms. The summed E-state index contributed by atoms with van der Waals surface area (Å²) in [5.41, 5.74) is 0.662. The van der Waals surface area contributed by atoms with Crippen LogP contribution in [0.4, 0.5) is 0 Å². The molecule has 1 atom stereocenters. The first-order valence-corrected chi connectivity index (χ1v) is 11.3. The highest BCUT2D eigenvalue weighted by molar-refractivity contribution is 7.09. The lowest BCUT2D eigenvalue weighted by atomic mass is 9.84. The molecule has 1 heterocycles. The van der Waals surface area contributed by atoms with Crippen LogP contribution >= 0.6 is 11.3 Å². The second kappa shape index (κ2) is 10.9. The van der Waals surface area contributed by atoms with Crippen molar-refractivity contribution in [2.24, 2.45) is 23.2 Å². The van der Waals surface area contributed by atoms with Gasteiger partial charge in [0.25, 0.3) is 5.91 Å². The molecule has 1 aromatic heterocycles. The first kappa shape index (κ1) is 24.6. The lowest BCUT2D eigenvalue weighted by molar-refractivity contribution is -0.133. The third-order valence-electron chi connectivity index (χ3n) is 4.20. The molecule has 160 valence electrons. The molecule has 0 radical (unpaired) electrons. The van der Waals surface area contributed by atoms with Gasteiger partial charge in [-0.1, -0.05) is 55.4 Å². The molecule has 5 nitrogen and oxygen atoms in total. The van der Waals surface area contributed by atoms with Crippen molar-refractivity contribution in [2.45, 2.75) is 74.8 Å². The third-order valence-corrected chi connectivity index (χ3v) is 5.04. The standard InChI is InChI=1S/C22H39N3O2S/c1-15(2)11-23-21(27)18-14-28-19(24-18)13-25(12-16(3)4)20(26)9-17(5)10-22(6,7)8/h14-17H,9-13H2,1-8H3,(H,23,27). The van der Waals surface area contributed by atoms with Gasteiger partial charge in [0.1, 0.15) is 10.7 Å². The fraction of sp³-hybridized carbons (Fsp3) is 0.773. The minimum absolute atomic E-state index is 0.142. The molecule has 0 aliphatic heterocycles. The maximum absolute atomic E-state index is 12.9. The van der Waals surface area contributed by atoms with Crippen LogP contribution < -0.4 is 5.32 Å². The molecule has 0 fully saturated rings. The number of carbonyl (C=O) groups is 2. The summed E-state index contributed by atoms with van der Waals surface area (Å²) in [4.78, 5) is 31.5. The highest BCUT2D eigenvalue weighted by Gasteiger charge is 2.23. The van der Waals surface area contributed by atoms with E-state index in [2.05, 4.69) is 65.7 Å². The van der Waals surface area contributed by atoms with Gasteiger partial charge in [0.15, 0.2) is 0 Å². The zero-order valence-corrected chi connectivity index (χ0v) is 19.8. The van der Waals surface area contributed by atoms with Crippen LogP contribution in [0.5, 0.6) is 0 Å². The van der Waals surface area contributed by atoms with Crippen molar-refractivity contribution in [1.82, 2.24) is 15.2 Å². The number of aromatic nitrogens is 1. The van der Waals surface area contributed by atoms with Gasteiger partial charge < -0.3 is 10.2 Å². The molecule has 6 heteroatoms. The van der Waals surface area contributed by atoms with Gasteiger partial charge in [-0.05, 0) is 29.6 Å². The Bertz CT molecular complexity index is 632. The summed E-state index contributed by atoms with van der Waals surface area (Å²) >= 11 is 1.45. The van der Waals surface area contributed by atoms with E-state index in [-0.39, 0.29) is 17.2 Å². The third kappa shape index (κ3) is 9.67. The number of thiazole rings is 1. The Kier molecular flexibility index (Phi) is 9.61. The van der Waals surface area contributed by atoms with Crippen LogP contribution in [-0.4, -0.2) is 34.8 Å². The minimum atomic E-state index is -0.142. The molecule has 1 N–H and O–H groups in total. The molecule has 28 heavy (non-hydrogen) atoms.